The molecule has 1 saturated heterocycles. The molecule has 0 amide bonds. The lowest BCUT2D eigenvalue weighted by atomic mass is 10.1. The van der Waals surface area contributed by atoms with Gasteiger partial charge in [0.25, 0.3) is 0 Å². The highest BCUT2D eigenvalue weighted by molar-refractivity contribution is 14.0. The molecule has 1 unspecified atom stereocenters. The van der Waals surface area contributed by atoms with Crippen LogP contribution in [0, 0.1) is 0 Å². The van der Waals surface area contributed by atoms with Crippen LogP contribution in [0.15, 0.2) is 23.2 Å². The van der Waals surface area contributed by atoms with Crippen LogP contribution in [0.1, 0.15) is 18.9 Å². The molecule has 3 rings (SSSR count). The average molecular weight is 463 g/mol. The van der Waals surface area contributed by atoms with Crippen molar-refractivity contribution < 1.29 is 9.47 Å². The molecule has 1 atom stereocenters. The van der Waals surface area contributed by atoms with E-state index in [9.17, 15) is 0 Å². The molecule has 0 radical (unpaired) electrons. The maximum Gasteiger partial charge on any atom is 0.231 e. The molecule has 5 nitrogen and oxygen atoms in total. The third kappa shape index (κ3) is 4.84. The molecule has 2 aliphatic heterocycles. The summed E-state index contributed by atoms with van der Waals surface area (Å²) in [7, 11) is 1.87. The normalized spacial score (nSPS) is 19.8. The van der Waals surface area contributed by atoms with E-state index in [1.807, 2.05) is 13.1 Å². The predicted octanol–water partition coefficient (Wildman–Crippen LogP) is 2.98. The fraction of sp³-hybridized carbons (Fsp3) is 0.588. The number of hydrogen-bond acceptors (Lipinski definition) is 4. The number of thioether (sulfide) groups is 1. The molecule has 0 saturated carbocycles. The molecule has 1 aromatic rings. The Bertz CT molecular complexity index is 571. The van der Waals surface area contributed by atoms with Crippen molar-refractivity contribution in [3.8, 4) is 11.5 Å². The molecule has 134 valence electrons. The van der Waals surface area contributed by atoms with Crippen molar-refractivity contribution in [1.82, 2.24) is 10.2 Å². The van der Waals surface area contributed by atoms with Crippen molar-refractivity contribution in [2.75, 3.05) is 39.2 Å². The molecule has 0 spiro atoms. The largest absolute Gasteiger partial charge is 0.454 e. The first-order valence-corrected chi connectivity index (χ1v) is 9.30. The van der Waals surface area contributed by atoms with E-state index >= 15 is 0 Å². The molecule has 7 heteroatoms. The van der Waals surface area contributed by atoms with E-state index in [0.29, 0.717) is 6.79 Å². The first-order chi connectivity index (χ1) is 11.3. The van der Waals surface area contributed by atoms with Crippen LogP contribution in [0.2, 0.25) is 0 Å². The summed E-state index contributed by atoms with van der Waals surface area (Å²) in [6, 6.07) is 6.15. The van der Waals surface area contributed by atoms with Gasteiger partial charge < -0.3 is 19.7 Å². The van der Waals surface area contributed by atoms with Gasteiger partial charge in [-0.2, -0.15) is 11.8 Å². The SMILES string of the molecule is CCC1CN(C(=NC)NCCc2ccc3c(c2)OCO3)CCS1.I. The smallest absolute Gasteiger partial charge is 0.231 e. The molecule has 1 N–H and O–H groups in total. The number of fused-ring (bicyclic) bond motifs is 1. The summed E-state index contributed by atoms with van der Waals surface area (Å²) in [5.74, 6) is 3.89. The Hall–Kier alpha value is -0.830. The lowest BCUT2D eigenvalue weighted by Crippen LogP contribution is -2.48. The van der Waals surface area contributed by atoms with Gasteiger partial charge in [0.1, 0.15) is 0 Å². The Labute approximate surface area is 165 Å². The zero-order valence-electron chi connectivity index (χ0n) is 14.3. The zero-order chi connectivity index (χ0) is 16.1. The first kappa shape index (κ1) is 19.5. The standard InChI is InChI=1S/C17H25N3O2S.HI/c1-3-14-11-20(8-9-23-14)17(18-2)19-7-6-13-4-5-15-16(10-13)22-12-21-15;/h4-5,10,14H,3,6-9,11-12H2,1-2H3,(H,18,19);1H. The van der Waals surface area contributed by atoms with E-state index in [0.717, 1.165) is 48.8 Å². The summed E-state index contributed by atoms with van der Waals surface area (Å²) in [5, 5.41) is 4.21. The lowest BCUT2D eigenvalue weighted by Gasteiger charge is -2.34. The van der Waals surface area contributed by atoms with Crippen molar-refractivity contribution in [3.63, 3.8) is 0 Å². The van der Waals surface area contributed by atoms with Gasteiger partial charge in [0.15, 0.2) is 17.5 Å². The van der Waals surface area contributed by atoms with Crippen LogP contribution < -0.4 is 14.8 Å². The molecule has 0 bridgehead atoms. The third-order valence-electron chi connectivity index (χ3n) is 4.24. The fourth-order valence-corrected chi connectivity index (χ4v) is 4.09. The maximum atomic E-state index is 5.43. The van der Waals surface area contributed by atoms with Crippen molar-refractivity contribution in [1.29, 1.82) is 0 Å². The Morgan fingerprint density at radius 2 is 2.21 bits per heavy atom. The molecule has 1 aromatic carbocycles. The number of benzene rings is 1. The predicted molar refractivity (Wildman–Crippen MR) is 111 cm³/mol. The Morgan fingerprint density at radius 1 is 1.38 bits per heavy atom. The number of ether oxygens (including phenoxy) is 2. The van der Waals surface area contributed by atoms with Crippen LogP contribution in [0.5, 0.6) is 11.5 Å². The van der Waals surface area contributed by atoms with E-state index in [4.69, 9.17) is 9.47 Å². The van der Waals surface area contributed by atoms with Gasteiger partial charge in [-0.25, -0.2) is 0 Å². The second-order valence-corrected chi connectivity index (χ2v) is 7.17. The van der Waals surface area contributed by atoms with E-state index in [1.165, 1.54) is 17.7 Å². The molecule has 0 aromatic heterocycles. The topological polar surface area (TPSA) is 46.1 Å². The third-order valence-corrected chi connectivity index (χ3v) is 5.61. The van der Waals surface area contributed by atoms with Crippen molar-refractivity contribution in [3.05, 3.63) is 23.8 Å². The van der Waals surface area contributed by atoms with E-state index < -0.39 is 0 Å². The monoisotopic (exact) mass is 463 g/mol. The highest BCUT2D eigenvalue weighted by Crippen LogP contribution is 2.32. The number of halogens is 1. The summed E-state index contributed by atoms with van der Waals surface area (Å²) < 4.78 is 10.8. The highest BCUT2D eigenvalue weighted by Gasteiger charge is 2.21. The molecular weight excluding hydrogens is 437 g/mol. The number of guanidine groups is 1. The summed E-state index contributed by atoms with van der Waals surface area (Å²) in [4.78, 5) is 6.83. The first-order valence-electron chi connectivity index (χ1n) is 8.26. The van der Waals surface area contributed by atoms with E-state index in [2.05, 4.69) is 46.0 Å². The average Bonchev–Trinajstić information content (AvgIpc) is 3.06. The van der Waals surface area contributed by atoms with Crippen LogP contribution in [-0.2, 0) is 6.42 Å². The van der Waals surface area contributed by atoms with Crippen LogP contribution in [-0.4, -0.2) is 55.3 Å². The number of rotatable bonds is 4. The fourth-order valence-electron chi connectivity index (χ4n) is 2.91. The van der Waals surface area contributed by atoms with Crippen LogP contribution in [0.4, 0.5) is 0 Å². The van der Waals surface area contributed by atoms with Crippen LogP contribution >= 0.6 is 35.7 Å². The number of aliphatic imine (C=N–C) groups is 1. The number of nitrogens with one attached hydrogen (secondary N) is 1. The van der Waals surface area contributed by atoms with Crippen LogP contribution in [0.25, 0.3) is 0 Å². The summed E-state index contributed by atoms with van der Waals surface area (Å²) in [6.45, 7) is 5.62. The highest BCUT2D eigenvalue weighted by atomic mass is 127. The zero-order valence-corrected chi connectivity index (χ0v) is 17.4. The second kappa shape index (κ2) is 9.60. The van der Waals surface area contributed by atoms with Gasteiger partial charge >= 0.3 is 0 Å². The quantitative estimate of drug-likeness (QED) is 0.423. The van der Waals surface area contributed by atoms with Gasteiger partial charge in [-0.15, -0.1) is 24.0 Å². The van der Waals surface area contributed by atoms with Gasteiger partial charge in [0, 0.05) is 37.7 Å². The lowest BCUT2D eigenvalue weighted by molar-refractivity contribution is 0.174. The van der Waals surface area contributed by atoms with E-state index in [1.54, 1.807) is 0 Å². The Morgan fingerprint density at radius 3 is 3.00 bits per heavy atom. The van der Waals surface area contributed by atoms with Crippen molar-refractivity contribution in [2.45, 2.75) is 25.0 Å². The second-order valence-electron chi connectivity index (χ2n) is 5.76. The Kier molecular flexibility index (Phi) is 7.80. The molecule has 2 aliphatic rings. The van der Waals surface area contributed by atoms with Crippen molar-refractivity contribution >= 4 is 41.7 Å². The van der Waals surface area contributed by atoms with Crippen molar-refractivity contribution in [2.24, 2.45) is 4.99 Å². The number of nitrogens with zero attached hydrogens (tertiary/aromatic N) is 2. The molecule has 0 aliphatic carbocycles. The summed E-state index contributed by atoms with van der Waals surface area (Å²) in [6.07, 6.45) is 2.16. The minimum absolute atomic E-state index is 0. The van der Waals surface area contributed by atoms with Gasteiger partial charge in [-0.3, -0.25) is 4.99 Å². The van der Waals surface area contributed by atoms with Gasteiger partial charge in [-0.05, 0) is 30.5 Å². The van der Waals surface area contributed by atoms with Gasteiger partial charge in [-0.1, -0.05) is 13.0 Å². The molecule has 1 fully saturated rings. The maximum absolute atomic E-state index is 5.43. The number of hydrogen-bond donors (Lipinski definition) is 1. The minimum atomic E-state index is 0. The summed E-state index contributed by atoms with van der Waals surface area (Å²) >= 11 is 2.08. The summed E-state index contributed by atoms with van der Waals surface area (Å²) in [5.41, 5.74) is 1.25. The van der Waals surface area contributed by atoms with Gasteiger partial charge in [0.05, 0.1) is 0 Å². The molecule has 2 heterocycles. The minimum Gasteiger partial charge on any atom is -0.454 e. The van der Waals surface area contributed by atoms with Crippen LogP contribution in [0.3, 0.4) is 0 Å². The molecule has 24 heavy (non-hydrogen) atoms. The van der Waals surface area contributed by atoms with Gasteiger partial charge in [0.2, 0.25) is 6.79 Å². The molecular formula is C17H26IN3O2S. The Balaban J connectivity index is 0.00000208. The van der Waals surface area contributed by atoms with E-state index in [-0.39, 0.29) is 24.0 Å².